The molecule has 0 aliphatic carbocycles. The fraction of sp³-hybridized carbons (Fsp3) is 0.762. The molecule has 4 aliphatic rings. The standard InChI is InChI=1S/C21H30O7/c1-14-11-17-18(12-16(13-22)25-17)27-21(14)10-9-20(28-21)8-4-6-15(26-20)5-2-3-7-19(23)24/h2,4-6,14-18,22H,3,7-13H2,1H3,(H,23,24)/b5-2+/t14-,15-,16-,17+,18+,20+,21-/m0/s1. The van der Waals surface area contributed by atoms with Crippen molar-refractivity contribution in [2.24, 2.45) is 5.92 Å². The summed E-state index contributed by atoms with van der Waals surface area (Å²) in [6, 6.07) is 0. The van der Waals surface area contributed by atoms with Gasteiger partial charge in [0, 0.05) is 38.0 Å². The number of carboxylic acid groups (broad SMARTS) is 1. The fourth-order valence-corrected chi connectivity index (χ4v) is 4.85. The fourth-order valence-electron chi connectivity index (χ4n) is 4.85. The van der Waals surface area contributed by atoms with Gasteiger partial charge in [0.2, 0.25) is 0 Å². The van der Waals surface area contributed by atoms with Gasteiger partial charge in [0.15, 0.2) is 11.6 Å². The number of rotatable bonds is 5. The van der Waals surface area contributed by atoms with Gasteiger partial charge < -0.3 is 29.2 Å². The lowest BCUT2D eigenvalue weighted by Gasteiger charge is -2.45. The smallest absolute Gasteiger partial charge is 0.303 e. The molecule has 4 aliphatic heterocycles. The molecule has 3 saturated heterocycles. The maximum absolute atomic E-state index is 10.6. The minimum absolute atomic E-state index is 0.0202. The summed E-state index contributed by atoms with van der Waals surface area (Å²) in [6.07, 6.45) is 11.7. The van der Waals surface area contributed by atoms with E-state index in [4.69, 9.17) is 24.1 Å². The summed E-state index contributed by atoms with van der Waals surface area (Å²) in [7, 11) is 0. The number of hydrogen-bond acceptors (Lipinski definition) is 6. The first-order valence-corrected chi connectivity index (χ1v) is 10.3. The van der Waals surface area contributed by atoms with Crippen LogP contribution in [0.4, 0.5) is 0 Å². The number of aliphatic hydroxyl groups excluding tert-OH is 1. The SMILES string of the molecule is C[C@H]1C[C@H]2O[C@H](CO)C[C@H]2O[C@]12CC[C@@]1(CC=C[C@H](/C=C/CCC(=O)O)O1)O2. The lowest BCUT2D eigenvalue weighted by molar-refractivity contribution is -0.365. The highest BCUT2D eigenvalue weighted by molar-refractivity contribution is 5.66. The Labute approximate surface area is 165 Å². The maximum Gasteiger partial charge on any atom is 0.303 e. The minimum atomic E-state index is -0.802. The van der Waals surface area contributed by atoms with E-state index < -0.39 is 17.5 Å². The van der Waals surface area contributed by atoms with Crippen LogP contribution in [0.15, 0.2) is 24.3 Å². The third-order valence-corrected chi connectivity index (χ3v) is 6.34. The van der Waals surface area contributed by atoms with Crippen molar-refractivity contribution < 1.29 is 34.0 Å². The monoisotopic (exact) mass is 394 g/mol. The third-order valence-electron chi connectivity index (χ3n) is 6.34. The average molecular weight is 394 g/mol. The molecule has 0 saturated carbocycles. The van der Waals surface area contributed by atoms with Gasteiger partial charge >= 0.3 is 5.97 Å². The molecule has 4 heterocycles. The van der Waals surface area contributed by atoms with Crippen molar-refractivity contribution >= 4 is 5.97 Å². The highest BCUT2D eigenvalue weighted by Crippen LogP contribution is 2.52. The molecule has 0 amide bonds. The zero-order valence-electron chi connectivity index (χ0n) is 16.3. The van der Waals surface area contributed by atoms with Crippen LogP contribution < -0.4 is 0 Å². The largest absolute Gasteiger partial charge is 0.481 e. The number of carboxylic acids is 1. The van der Waals surface area contributed by atoms with Crippen molar-refractivity contribution in [2.45, 2.75) is 87.9 Å². The molecule has 7 nitrogen and oxygen atoms in total. The Morgan fingerprint density at radius 3 is 2.89 bits per heavy atom. The number of ether oxygens (including phenoxy) is 4. The van der Waals surface area contributed by atoms with Crippen LogP contribution >= 0.6 is 0 Å². The second kappa shape index (κ2) is 7.88. The highest BCUT2D eigenvalue weighted by atomic mass is 16.8. The van der Waals surface area contributed by atoms with Crippen molar-refractivity contribution in [3.63, 3.8) is 0 Å². The van der Waals surface area contributed by atoms with Crippen LogP contribution in [-0.4, -0.2) is 58.8 Å². The minimum Gasteiger partial charge on any atom is -0.481 e. The van der Waals surface area contributed by atoms with Gasteiger partial charge in [-0.2, -0.15) is 0 Å². The van der Waals surface area contributed by atoms with Crippen LogP contribution in [0.2, 0.25) is 0 Å². The Balaban J connectivity index is 1.40. The zero-order chi connectivity index (χ0) is 19.8. The molecule has 7 heteroatoms. The second-order valence-corrected chi connectivity index (χ2v) is 8.41. The molecule has 0 unspecified atom stereocenters. The molecule has 2 spiro atoms. The average Bonchev–Trinajstić information content (AvgIpc) is 3.21. The predicted molar refractivity (Wildman–Crippen MR) is 99.4 cm³/mol. The molecule has 156 valence electrons. The van der Waals surface area contributed by atoms with Gasteiger partial charge in [0.25, 0.3) is 0 Å². The summed E-state index contributed by atoms with van der Waals surface area (Å²) in [5.41, 5.74) is 0. The Hall–Kier alpha value is -1.25. The Morgan fingerprint density at radius 1 is 1.25 bits per heavy atom. The van der Waals surface area contributed by atoms with Gasteiger partial charge in [-0.25, -0.2) is 0 Å². The maximum atomic E-state index is 10.6. The highest BCUT2D eigenvalue weighted by Gasteiger charge is 2.59. The number of aliphatic hydroxyl groups is 1. The molecule has 4 rings (SSSR count). The molecule has 0 aromatic carbocycles. The number of allylic oxidation sites excluding steroid dienone is 1. The molecule has 7 atom stereocenters. The van der Waals surface area contributed by atoms with Crippen LogP contribution in [-0.2, 0) is 23.7 Å². The molecule has 0 bridgehead atoms. The van der Waals surface area contributed by atoms with E-state index in [0.29, 0.717) is 19.3 Å². The second-order valence-electron chi connectivity index (χ2n) is 8.41. The third kappa shape index (κ3) is 3.91. The molecule has 0 radical (unpaired) electrons. The van der Waals surface area contributed by atoms with E-state index >= 15 is 0 Å². The lowest BCUT2D eigenvalue weighted by Crippen LogP contribution is -2.53. The van der Waals surface area contributed by atoms with E-state index in [1.54, 1.807) is 0 Å². The van der Waals surface area contributed by atoms with Gasteiger partial charge in [0.05, 0.1) is 31.0 Å². The van der Waals surface area contributed by atoms with Crippen molar-refractivity contribution in [3.05, 3.63) is 24.3 Å². The Kier molecular flexibility index (Phi) is 5.64. The van der Waals surface area contributed by atoms with Crippen LogP contribution in [0.1, 0.15) is 51.9 Å². The number of hydrogen-bond donors (Lipinski definition) is 2. The van der Waals surface area contributed by atoms with E-state index in [1.807, 2.05) is 18.2 Å². The van der Waals surface area contributed by atoms with Crippen LogP contribution in [0.25, 0.3) is 0 Å². The van der Waals surface area contributed by atoms with Gasteiger partial charge in [0.1, 0.15) is 0 Å². The summed E-state index contributed by atoms with van der Waals surface area (Å²) in [5.74, 6) is -2.00. The van der Waals surface area contributed by atoms with Crippen molar-refractivity contribution in [1.82, 2.24) is 0 Å². The van der Waals surface area contributed by atoms with E-state index in [0.717, 1.165) is 19.3 Å². The van der Waals surface area contributed by atoms with Crippen molar-refractivity contribution in [3.8, 4) is 0 Å². The first kappa shape index (κ1) is 20.0. The van der Waals surface area contributed by atoms with Gasteiger partial charge in [-0.15, -0.1) is 0 Å². The quantitative estimate of drug-likeness (QED) is 0.692. The van der Waals surface area contributed by atoms with Gasteiger partial charge in [-0.3, -0.25) is 4.79 Å². The Morgan fingerprint density at radius 2 is 2.11 bits per heavy atom. The molecule has 3 fully saturated rings. The molecular weight excluding hydrogens is 364 g/mol. The normalized spacial score (nSPS) is 45.3. The number of fused-ring (bicyclic) bond motifs is 1. The molecule has 28 heavy (non-hydrogen) atoms. The summed E-state index contributed by atoms with van der Waals surface area (Å²) in [5, 5.41) is 18.1. The van der Waals surface area contributed by atoms with Crippen molar-refractivity contribution in [2.75, 3.05) is 6.61 Å². The van der Waals surface area contributed by atoms with Crippen LogP contribution in [0.3, 0.4) is 0 Å². The zero-order valence-corrected chi connectivity index (χ0v) is 16.3. The predicted octanol–water partition coefficient (Wildman–Crippen LogP) is 2.53. The van der Waals surface area contributed by atoms with E-state index in [2.05, 4.69) is 13.0 Å². The molecule has 0 aromatic heterocycles. The van der Waals surface area contributed by atoms with E-state index in [1.165, 1.54) is 0 Å². The topological polar surface area (TPSA) is 94.5 Å². The van der Waals surface area contributed by atoms with E-state index in [-0.39, 0.29) is 43.4 Å². The van der Waals surface area contributed by atoms with E-state index in [9.17, 15) is 9.90 Å². The first-order valence-electron chi connectivity index (χ1n) is 10.3. The number of carbonyl (C=O) groups is 1. The summed E-state index contributed by atoms with van der Waals surface area (Å²) in [4.78, 5) is 10.6. The Bertz CT molecular complexity index is 647. The molecular formula is C21H30O7. The molecule has 2 N–H and O–H groups in total. The lowest BCUT2D eigenvalue weighted by atomic mass is 9.86. The summed E-state index contributed by atoms with van der Waals surface area (Å²) < 4.78 is 25.2. The molecule has 0 aromatic rings. The summed E-state index contributed by atoms with van der Waals surface area (Å²) >= 11 is 0. The van der Waals surface area contributed by atoms with Gasteiger partial charge in [-0.05, 0) is 12.8 Å². The van der Waals surface area contributed by atoms with Crippen molar-refractivity contribution in [1.29, 1.82) is 0 Å². The number of aliphatic carboxylic acids is 1. The first-order chi connectivity index (χ1) is 13.4. The van der Waals surface area contributed by atoms with Crippen LogP contribution in [0.5, 0.6) is 0 Å². The van der Waals surface area contributed by atoms with Gasteiger partial charge in [-0.1, -0.05) is 31.2 Å². The summed E-state index contributed by atoms with van der Waals surface area (Å²) in [6.45, 7) is 2.15. The van der Waals surface area contributed by atoms with Crippen LogP contribution in [0, 0.1) is 5.92 Å².